The fourth-order valence-corrected chi connectivity index (χ4v) is 3.76. The number of nitrogens with zero attached hydrogens (tertiary/aromatic N) is 2. The number of halogens is 2. The van der Waals surface area contributed by atoms with E-state index in [1.54, 1.807) is 18.2 Å². The molecule has 1 heterocycles. The quantitative estimate of drug-likeness (QED) is 0.783. The van der Waals surface area contributed by atoms with E-state index in [0.717, 1.165) is 25.5 Å². The Bertz CT molecular complexity index is 839. The molecule has 0 spiro atoms. The van der Waals surface area contributed by atoms with Crippen LogP contribution in [-0.2, 0) is 0 Å². The van der Waals surface area contributed by atoms with Crippen LogP contribution in [0.3, 0.4) is 0 Å². The first-order valence-electron chi connectivity index (χ1n) is 9.24. The van der Waals surface area contributed by atoms with Gasteiger partial charge in [0.2, 0.25) is 0 Å². The molecule has 1 amide bonds. The molecule has 1 unspecified atom stereocenters. The van der Waals surface area contributed by atoms with E-state index < -0.39 is 17.7 Å². The topological polar surface area (TPSA) is 53.0 Å². The Hall–Kier alpha value is -2.67. The van der Waals surface area contributed by atoms with Crippen molar-refractivity contribution < 1.29 is 23.4 Å². The maximum absolute atomic E-state index is 13.8. The third kappa shape index (κ3) is 4.42. The van der Waals surface area contributed by atoms with E-state index in [1.165, 1.54) is 24.1 Å². The minimum atomic E-state index is -1.11. The summed E-state index contributed by atoms with van der Waals surface area (Å²) in [6.45, 7) is 1.30. The van der Waals surface area contributed by atoms with Crippen LogP contribution in [0.2, 0.25) is 0 Å². The highest BCUT2D eigenvalue weighted by molar-refractivity contribution is 5.93. The summed E-state index contributed by atoms with van der Waals surface area (Å²) >= 11 is 0. The van der Waals surface area contributed by atoms with Gasteiger partial charge in [0.25, 0.3) is 0 Å². The van der Waals surface area contributed by atoms with Crippen molar-refractivity contribution in [3.63, 3.8) is 0 Å². The maximum atomic E-state index is 13.8. The molecule has 28 heavy (non-hydrogen) atoms. The Morgan fingerprint density at radius 3 is 2.54 bits per heavy atom. The molecule has 7 heteroatoms. The van der Waals surface area contributed by atoms with E-state index in [4.69, 9.17) is 4.74 Å². The maximum Gasteiger partial charge on any atom is 0.411 e. The van der Waals surface area contributed by atoms with Crippen LogP contribution < -0.4 is 9.64 Å². The predicted octanol–water partition coefficient (Wildman–Crippen LogP) is 4.61. The Balaban J connectivity index is 1.98. The third-order valence-electron chi connectivity index (χ3n) is 5.26. The molecule has 3 rings (SSSR count). The monoisotopic (exact) mass is 390 g/mol. The summed E-state index contributed by atoms with van der Waals surface area (Å²) in [5.74, 6) is -0.972. The van der Waals surface area contributed by atoms with Gasteiger partial charge in [0.05, 0.1) is 12.8 Å². The number of methoxy groups -OCH3 is 1. The average Bonchev–Trinajstić information content (AvgIpc) is 3.06. The van der Waals surface area contributed by atoms with Crippen molar-refractivity contribution in [2.24, 2.45) is 0 Å². The van der Waals surface area contributed by atoms with E-state index in [0.29, 0.717) is 36.0 Å². The van der Waals surface area contributed by atoms with Crippen molar-refractivity contribution in [2.75, 3.05) is 32.1 Å². The lowest BCUT2D eigenvalue weighted by Crippen LogP contribution is -2.35. The van der Waals surface area contributed by atoms with Crippen LogP contribution in [0, 0.1) is 11.6 Å². The molecule has 150 valence electrons. The summed E-state index contributed by atoms with van der Waals surface area (Å²) in [5.41, 5.74) is 1.04. The number of carboxylic acid groups (broad SMARTS) is 1. The van der Waals surface area contributed by atoms with Crippen LogP contribution in [-0.4, -0.2) is 49.4 Å². The Kier molecular flexibility index (Phi) is 6.14. The van der Waals surface area contributed by atoms with Gasteiger partial charge in [-0.25, -0.2) is 13.6 Å². The van der Waals surface area contributed by atoms with Gasteiger partial charge < -0.3 is 14.7 Å². The molecule has 1 aliphatic rings. The Morgan fingerprint density at radius 1 is 1.25 bits per heavy atom. The second-order valence-electron chi connectivity index (χ2n) is 7.04. The van der Waals surface area contributed by atoms with Crippen molar-refractivity contribution in [2.45, 2.75) is 25.3 Å². The van der Waals surface area contributed by atoms with Crippen molar-refractivity contribution in [1.29, 1.82) is 0 Å². The van der Waals surface area contributed by atoms with Gasteiger partial charge in [0, 0.05) is 24.2 Å². The third-order valence-corrected chi connectivity index (χ3v) is 5.26. The number of hydrogen-bond donors (Lipinski definition) is 1. The standard InChI is InChI=1S/C21H24F2N2O3/c1-24-8-3-4-17(24)7-9-25(21(26)27)20-6-5-18(28-2)13-19(20)14-10-15(22)12-16(23)11-14/h5-6,10-13,17H,3-4,7-9H2,1-2H3,(H,26,27). The van der Waals surface area contributed by atoms with Crippen LogP contribution >= 0.6 is 0 Å². The fourth-order valence-electron chi connectivity index (χ4n) is 3.76. The molecular formula is C21H24F2N2O3. The second-order valence-corrected chi connectivity index (χ2v) is 7.04. The van der Waals surface area contributed by atoms with Gasteiger partial charge in [-0.3, -0.25) is 4.90 Å². The predicted molar refractivity (Wildman–Crippen MR) is 104 cm³/mol. The molecule has 1 N–H and O–H groups in total. The van der Waals surface area contributed by atoms with Gasteiger partial charge in [0.15, 0.2) is 0 Å². The number of hydrogen-bond acceptors (Lipinski definition) is 3. The van der Waals surface area contributed by atoms with Crippen LogP contribution in [0.15, 0.2) is 36.4 Å². The summed E-state index contributed by atoms with van der Waals surface area (Å²) in [6.07, 6.45) is 1.72. The number of ether oxygens (including phenoxy) is 1. The summed E-state index contributed by atoms with van der Waals surface area (Å²) in [5, 5.41) is 9.81. The smallest absolute Gasteiger partial charge is 0.411 e. The SMILES string of the molecule is COc1ccc(N(CCC2CCCN2C)C(=O)O)c(-c2cc(F)cc(F)c2)c1. The zero-order valence-electron chi connectivity index (χ0n) is 16.0. The van der Waals surface area contributed by atoms with Gasteiger partial charge in [-0.15, -0.1) is 0 Å². The van der Waals surface area contributed by atoms with E-state index in [1.807, 2.05) is 7.05 Å². The van der Waals surface area contributed by atoms with Crippen molar-refractivity contribution in [1.82, 2.24) is 4.90 Å². The van der Waals surface area contributed by atoms with E-state index >= 15 is 0 Å². The normalized spacial score (nSPS) is 16.9. The molecular weight excluding hydrogens is 366 g/mol. The number of likely N-dealkylation sites (tertiary alicyclic amines) is 1. The van der Waals surface area contributed by atoms with E-state index in [-0.39, 0.29) is 5.56 Å². The highest BCUT2D eigenvalue weighted by atomic mass is 19.1. The highest BCUT2D eigenvalue weighted by Gasteiger charge is 2.25. The van der Waals surface area contributed by atoms with E-state index in [9.17, 15) is 18.7 Å². The van der Waals surface area contributed by atoms with Crippen LogP contribution in [0.4, 0.5) is 19.3 Å². The Labute approximate surface area is 163 Å². The van der Waals surface area contributed by atoms with Crippen molar-refractivity contribution in [3.8, 4) is 16.9 Å². The number of carbonyl (C=O) groups is 1. The molecule has 2 aromatic rings. The molecule has 0 aromatic heterocycles. The van der Waals surface area contributed by atoms with Gasteiger partial charge in [0.1, 0.15) is 17.4 Å². The summed E-state index contributed by atoms with van der Waals surface area (Å²) in [4.78, 5) is 15.5. The molecule has 1 fully saturated rings. The lowest BCUT2D eigenvalue weighted by molar-refractivity contribution is 0.200. The zero-order chi connectivity index (χ0) is 20.3. The second kappa shape index (κ2) is 8.56. The van der Waals surface area contributed by atoms with Gasteiger partial charge in [-0.05, 0) is 68.8 Å². The average molecular weight is 390 g/mol. The minimum Gasteiger partial charge on any atom is -0.497 e. The number of benzene rings is 2. The van der Waals surface area contributed by atoms with Crippen molar-refractivity contribution in [3.05, 3.63) is 48.0 Å². The molecule has 2 aromatic carbocycles. The molecule has 0 radical (unpaired) electrons. The summed E-state index contributed by atoms with van der Waals surface area (Å²) in [6, 6.07) is 8.35. The fraction of sp³-hybridized carbons (Fsp3) is 0.381. The zero-order valence-corrected chi connectivity index (χ0v) is 16.0. The first-order chi connectivity index (χ1) is 13.4. The summed E-state index contributed by atoms with van der Waals surface area (Å²) < 4.78 is 32.8. The highest BCUT2D eigenvalue weighted by Crippen LogP contribution is 2.35. The van der Waals surface area contributed by atoms with Crippen LogP contribution in [0.1, 0.15) is 19.3 Å². The lowest BCUT2D eigenvalue weighted by Gasteiger charge is -2.26. The molecule has 0 saturated carbocycles. The lowest BCUT2D eigenvalue weighted by atomic mass is 10.0. The number of rotatable bonds is 6. The molecule has 0 aliphatic carbocycles. The Morgan fingerprint density at radius 2 is 1.96 bits per heavy atom. The summed E-state index contributed by atoms with van der Waals surface area (Å²) in [7, 11) is 3.52. The molecule has 1 aliphatic heterocycles. The van der Waals surface area contributed by atoms with E-state index in [2.05, 4.69) is 4.90 Å². The number of anilines is 1. The van der Waals surface area contributed by atoms with Gasteiger partial charge in [-0.2, -0.15) is 0 Å². The first kappa shape index (κ1) is 20.1. The van der Waals surface area contributed by atoms with Crippen molar-refractivity contribution >= 4 is 11.8 Å². The molecule has 1 saturated heterocycles. The molecule has 0 bridgehead atoms. The van der Waals surface area contributed by atoms with Crippen LogP contribution in [0.25, 0.3) is 11.1 Å². The molecule has 1 atom stereocenters. The number of amides is 1. The van der Waals surface area contributed by atoms with Gasteiger partial charge in [-0.1, -0.05) is 0 Å². The molecule has 5 nitrogen and oxygen atoms in total. The largest absolute Gasteiger partial charge is 0.497 e. The van der Waals surface area contributed by atoms with Crippen LogP contribution in [0.5, 0.6) is 5.75 Å². The first-order valence-corrected chi connectivity index (χ1v) is 9.24. The minimum absolute atomic E-state index is 0.260. The van der Waals surface area contributed by atoms with Gasteiger partial charge >= 0.3 is 6.09 Å².